The average molecular weight is 474 g/mol. The average Bonchev–Trinajstić information content (AvgIpc) is 3.28. The largest absolute Gasteiger partial charge is 0.411 e. The van der Waals surface area contributed by atoms with E-state index in [-0.39, 0.29) is 28.5 Å². The van der Waals surface area contributed by atoms with Crippen LogP contribution in [0.2, 0.25) is 5.02 Å². The summed E-state index contributed by atoms with van der Waals surface area (Å²) in [6, 6.07) is 11.3. The predicted octanol–water partition coefficient (Wildman–Crippen LogP) is 5.02. The molecule has 0 saturated carbocycles. The van der Waals surface area contributed by atoms with E-state index in [4.69, 9.17) is 16.0 Å². The van der Waals surface area contributed by atoms with Crippen LogP contribution in [0.3, 0.4) is 0 Å². The van der Waals surface area contributed by atoms with Gasteiger partial charge < -0.3 is 14.6 Å². The molecule has 1 N–H and O–H groups in total. The Kier molecular flexibility index (Phi) is 6.91. The van der Waals surface area contributed by atoms with Crippen molar-refractivity contribution in [3.05, 3.63) is 57.6 Å². The van der Waals surface area contributed by atoms with Crippen molar-refractivity contribution in [2.45, 2.75) is 24.5 Å². The monoisotopic (exact) mass is 473 g/mol. The van der Waals surface area contributed by atoms with Gasteiger partial charge >= 0.3 is 0 Å². The molecule has 32 heavy (non-hydrogen) atoms. The topological polar surface area (TPSA) is 114 Å². The minimum Gasteiger partial charge on any atom is -0.411 e. The molecule has 1 aliphatic heterocycles. The summed E-state index contributed by atoms with van der Waals surface area (Å²) in [5.41, 5.74) is 2.07. The van der Waals surface area contributed by atoms with E-state index in [9.17, 15) is 14.9 Å². The fourth-order valence-corrected chi connectivity index (χ4v) is 4.34. The van der Waals surface area contributed by atoms with Gasteiger partial charge in [0.05, 0.1) is 27.1 Å². The van der Waals surface area contributed by atoms with Crippen molar-refractivity contribution in [1.82, 2.24) is 10.2 Å². The lowest BCUT2D eigenvalue weighted by Crippen LogP contribution is -2.30. The highest BCUT2D eigenvalue weighted by atomic mass is 35.5. The van der Waals surface area contributed by atoms with Crippen molar-refractivity contribution in [1.29, 1.82) is 0 Å². The molecule has 0 aliphatic carbocycles. The molecule has 0 bridgehead atoms. The smallest absolute Gasteiger partial charge is 0.277 e. The van der Waals surface area contributed by atoms with Gasteiger partial charge in [-0.05, 0) is 43.5 Å². The fourth-order valence-electron chi connectivity index (χ4n) is 3.48. The minimum absolute atomic E-state index is 0.0236. The fraction of sp³-hybridized carbons (Fsp3) is 0.286. The van der Waals surface area contributed by atoms with Gasteiger partial charge in [-0.15, -0.1) is 10.2 Å². The molecule has 1 aliphatic rings. The van der Waals surface area contributed by atoms with Crippen LogP contribution in [0.5, 0.6) is 0 Å². The van der Waals surface area contributed by atoms with Gasteiger partial charge in [0.15, 0.2) is 0 Å². The summed E-state index contributed by atoms with van der Waals surface area (Å²) in [6.07, 6.45) is 3.40. The zero-order valence-corrected chi connectivity index (χ0v) is 18.6. The molecule has 1 saturated heterocycles. The van der Waals surface area contributed by atoms with Crippen molar-refractivity contribution in [2.24, 2.45) is 0 Å². The van der Waals surface area contributed by atoms with E-state index in [1.54, 1.807) is 0 Å². The number of nitro benzene ring substituents is 1. The van der Waals surface area contributed by atoms with E-state index in [1.807, 2.05) is 18.2 Å². The van der Waals surface area contributed by atoms with E-state index in [1.165, 1.54) is 30.7 Å². The second-order valence-electron chi connectivity index (χ2n) is 7.20. The standard InChI is InChI=1S/C21H20ClN5O4S/c22-16-5-4-6-17(19(16)26-11-2-1-3-12-26)23-18(28)13-32-21-25-24-20(31-21)14-7-9-15(10-8-14)27(29)30/h4-10H,1-3,11-13H2,(H,23,28). The van der Waals surface area contributed by atoms with E-state index in [0.29, 0.717) is 16.3 Å². The highest BCUT2D eigenvalue weighted by Gasteiger charge is 2.19. The Morgan fingerprint density at radius 2 is 1.91 bits per heavy atom. The van der Waals surface area contributed by atoms with Gasteiger partial charge in [0.25, 0.3) is 10.9 Å². The first-order valence-electron chi connectivity index (χ1n) is 10.1. The van der Waals surface area contributed by atoms with Crippen molar-refractivity contribution in [3.63, 3.8) is 0 Å². The number of nitrogens with zero attached hydrogens (tertiary/aromatic N) is 4. The highest BCUT2D eigenvalue weighted by Crippen LogP contribution is 2.36. The van der Waals surface area contributed by atoms with E-state index in [2.05, 4.69) is 20.4 Å². The first-order chi connectivity index (χ1) is 15.5. The SMILES string of the molecule is O=C(CSc1nnc(-c2ccc([N+](=O)[O-])cc2)o1)Nc1cccc(Cl)c1N1CCCCC1. The molecular formula is C21H20ClN5O4S. The number of carbonyl (C=O) groups excluding carboxylic acids is 1. The number of anilines is 2. The highest BCUT2D eigenvalue weighted by molar-refractivity contribution is 7.99. The Hall–Kier alpha value is -3.11. The zero-order valence-electron chi connectivity index (χ0n) is 17.0. The third kappa shape index (κ3) is 5.20. The maximum atomic E-state index is 12.6. The van der Waals surface area contributed by atoms with Crippen LogP contribution in [0.25, 0.3) is 11.5 Å². The summed E-state index contributed by atoms with van der Waals surface area (Å²) < 4.78 is 5.57. The minimum atomic E-state index is -0.478. The van der Waals surface area contributed by atoms with Crippen LogP contribution in [-0.4, -0.2) is 39.9 Å². The molecule has 2 heterocycles. The number of non-ortho nitro benzene ring substituents is 1. The number of para-hydroxylation sites is 1. The number of amides is 1. The molecule has 166 valence electrons. The maximum Gasteiger partial charge on any atom is 0.277 e. The summed E-state index contributed by atoms with van der Waals surface area (Å²) in [6.45, 7) is 1.82. The van der Waals surface area contributed by atoms with Crippen molar-refractivity contribution in [3.8, 4) is 11.5 Å². The van der Waals surface area contributed by atoms with Crippen LogP contribution in [-0.2, 0) is 4.79 Å². The molecule has 1 aromatic heterocycles. The molecular weight excluding hydrogens is 454 g/mol. The first kappa shape index (κ1) is 22.1. The van der Waals surface area contributed by atoms with Crippen molar-refractivity contribution >= 4 is 46.3 Å². The number of piperidine rings is 1. The zero-order chi connectivity index (χ0) is 22.5. The quantitative estimate of drug-likeness (QED) is 0.289. The number of rotatable bonds is 7. The van der Waals surface area contributed by atoms with E-state index < -0.39 is 4.92 Å². The molecule has 0 unspecified atom stereocenters. The number of carbonyl (C=O) groups is 1. The number of hydrogen-bond acceptors (Lipinski definition) is 8. The van der Waals surface area contributed by atoms with Crippen molar-refractivity contribution < 1.29 is 14.1 Å². The van der Waals surface area contributed by atoms with Crippen LogP contribution < -0.4 is 10.2 Å². The maximum absolute atomic E-state index is 12.6. The molecule has 0 radical (unpaired) electrons. The van der Waals surface area contributed by atoms with E-state index >= 15 is 0 Å². The van der Waals surface area contributed by atoms with E-state index in [0.717, 1.165) is 43.4 Å². The van der Waals surface area contributed by atoms with Gasteiger partial charge in [0, 0.05) is 30.8 Å². The van der Waals surface area contributed by atoms with Crippen LogP contribution in [0, 0.1) is 10.1 Å². The van der Waals surface area contributed by atoms with Gasteiger partial charge in [-0.1, -0.05) is 29.4 Å². The molecule has 4 rings (SSSR count). The summed E-state index contributed by atoms with van der Waals surface area (Å²) >= 11 is 7.55. The number of nitrogens with one attached hydrogen (secondary N) is 1. The molecule has 0 atom stereocenters. The van der Waals surface area contributed by atoms with Crippen LogP contribution in [0.4, 0.5) is 17.1 Å². The lowest BCUT2D eigenvalue weighted by molar-refractivity contribution is -0.384. The second-order valence-corrected chi connectivity index (χ2v) is 8.53. The normalized spacial score (nSPS) is 13.7. The lowest BCUT2D eigenvalue weighted by Gasteiger charge is -2.31. The number of thioether (sulfide) groups is 1. The molecule has 1 fully saturated rings. The predicted molar refractivity (Wildman–Crippen MR) is 123 cm³/mol. The van der Waals surface area contributed by atoms with Gasteiger partial charge in [-0.25, -0.2) is 0 Å². The van der Waals surface area contributed by atoms with Gasteiger partial charge in [0.1, 0.15) is 0 Å². The number of hydrogen-bond donors (Lipinski definition) is 1. The lowest BCUT2D eigenvalue weighted by atomic mass is 10.1. The summed E-state index contributed by atoms with van der Waals surface area (Å²) in [4.78, 5) is 25.1. The summed E-state index contributed by atoms with van der Waals surface area (Å²) in [5, 5.41) is 22.4. The Balaban J connectivity index is 1.38. The Labute approximate surface area is 193 Å². The molecule has 0 spiro atoms. The second kappa shape index (κ2) is 10.0. The Morgan fingerprint density at radius 3 is 2.62 bits per heavy atom. The van der Waals surface area contributed by atoms with Crippen LogP contribution in [0.15, 0.2) is 52.1 Å². The van der Waals surface area contributed by atoms with Crippen LogP contribution in [0.1, 0.15) is 19.3 Å². The first-order valence-corrected chi connectivity index (χ1v) is 11.4. The summed E-state index contributed by atoms with van der Waals surface area (Å²) in [7, 11) is 0. The Morgan fingerprint density at radius 1 is 1.16 bits per heavy atom. The number of benzene rings is 2. The van der Waals surface area contributed by atoms with Gasteiger partial charge in [-0.3, -0.25) is 14.9 Å². The molecule has 9 nitrogen and oxygen atoms in total. The van der Waals surface area contributed by atoms with Gasteiger partial charge in [-0.2, -0.15) is 0 Å². The third-order valence-electron chi connectivity index (χ3n) is 4.99. The Bertz CT molecular complexity index is 1120. The molecule has 3 aromatic rings. The number of aromatic nitrogens is 2. The van der Waals surface area contributed by atoms with Gasteiger partial charge in [0.2, 0.25) is 11.8 Å². The molecule has 1 amide bonds. The summed E-state index contributed by atoms with van der Waals surface area (Å²) in [5.74, 6) is 0.0871. The molecule has 2 aromatic carbocycles. The van der Waals surface area contributed by atoms with Crippen LogP contribution >= 0.6 is 23.4 Å². The van der Waals surface area contributed by atoms with Crippen molar-refractivity contribution in [2.75, 3.05) is 29.1 Å². The molecule has 11 heteroatoms. The third-order valence-corrected chi connectivity index (χ3v) is 6.11. The number of nitro groups is 1. The number of halogens is 1.